The number of methoxy groups -OCH3 is 1. The molecule has 2 rings (SSSR count). The van der Waals surface area contributed by atoms with Gasteiger partial charge in [-0.15, -0.1) is 0 Å². The van der Waals surface area contributed by atoms with E-state index in [1.807, 2.05) is 24.3 Å². The first-order chi connectivity index (χ1) is 12.1. The number of amides is 1. The van der Waals surface area contributed by atoms with E-state index < -0.39 is 0 Å². The second kappa shape index (κ2) is 10.2. The smallest absolute Gasteiger partial charge is 0.220 e. The van der Waals surface area contributed by atoms with Crippen molar-refractivity contribution in [2.75, 3.05) is 20.3 Å². The van der Waals surface area contributed by atoms with Gasteiger partial charge in [0.1, 0.15) is 11.5 Å². The summed E-state index contributed by atoms with van der Waals surface area (Å²) >= 11 is 11.9. The zero-order valence-corrected chi connectivity index (χ0v) is 15.6. The summed E-state index contributed by atoms with van der Waals surface area (Å²) in [5.74, 6) is 1.41. The van der Waals surface area contributed by atoms with Crippen LogP contribution in [0, 0.1) is 0 Å². The summed E-state index contributed by atoms with van der Waals surface area (Å²) in [7, 11) is 1.64. The van der Waals surface area contributed by atoms with Gasteiger partial charge in [-0.05, 0) is 42.7 Å². The maximum atomic E-state index is 11.9. The van der Waals surface area contributed by atoms with E-state index in [4.69, 9.17) is 32.7 Å². The lowest BCUT2D eigenvalue weighted by atomic mass is 10.1. The van der Waals surface area contributed by atoms with Crippen LogP contribution in [0.4, 0.5) is 0 Å². The SMILES string of the molecule is COc1ccccc1CCNC(=O)CCCOc1ccc(Cl)cc1Cl. The molecule has 0 aromatic heterocycles. The molecule has 2 aromatic carbocycles. The minimum absolute atomic E-state index is 0.000649. The Morgan fingerprint density at radius 3 is 2.68 bits per heavy atom. The van der Waals surface area contributed by atoms with Gasteiger partial charge in [0.15, 0.2) is 0 Å². The Kier molecular flexibility index (Phi) is 7.89. The molecule has 1 N–H and O–H groups in total. The third-order valence-electron chi connectivity index (χ3n) is 3.61. The van der Waals surface area contributed by atoms with Crippen molar-refractivity contribution in [2.24, 2.45) is 0 Å². The van der Waals surface area contributed by atoms with Crippen LogP contribution < -0.4 is 14.8 Å². The summed E-state index contributed by atoms with van der Waals surface area (Å²) in [6, 6.07) is 12.9. The summed E-state index contributed by atoms with van der Waals surface area (Å²) in [5, 5.41) is 3.93. The normalized spacial score (nSPS) is 10.4. The number of rotatable bonds is 9. The monoisotopic (exact) mass is 381 g/mol. The fraction of sp³-hybridized carbons (Fsp3) is 0.316. The van der Waals surface area contributed by atoms with Crippen molar-refractivity contribution in [3.63, 3.8) is 0 Å². The minimum atomic E-state index is 0.000649. The topological polar surface area (TPSA) is 47.6 Å². The van der Waals surface area contributed by atoms with Crippen LogP contribution in [0.15, 0.2) is 42.5 Å². The number of hydrogen-bond donors (Lipinski definition) is 1. The first-order valence-electron chi connectivity index (χ1n) is 8.06. The first-order valence-corrected chi connectivity index (χ1v) is 8.82. The molecule has 0 unspecified atom stereocenters. The number of para-hydroxylation sites is 1. The van der Waals surface area contributed by atoms with Crippen LogP contribution in [0.1, 0.15) is 18.4 Å². The highest BCUT2D eigenvalue weighted by molar-refractivity contribution is 6.35. The van der Waals surface area contributed by atoms with E-state index in [2.05, 4.69) is 5.32 Å². The largest absolute Gasteiger partial charge is 0.496 e. The second-order valence-corrected chi connectivity index (χ2v) is 6.28. The van der Waals surface area contributed by atoms with Gasteiger partial charge in [0.25, 0.3) is 0 Å². The van der Waals surface area contributed by atoms with Crippen LogP contribution in [-0.2, 0) is 11.2 Å². The van der Waals surface area contributed by atoms with Gasteiger partial charge in [0, 0.05) is 18.0 Å². The lowest BCUT2D eigenvalue weighted by Gasteiger charge is -2.10. The van der Waals surface area contributed by atoms with Crippen molar-refractivity contribution in [1.82, 2.24) is 5.32 Å². The third-order valence-corrected chi connectivity index (χ3v) is 4.14. The lowest BCUT2D eigenvalue weighted by molar-refractivity contribution is -0.121. The molecule has 25 heavy (non-hydrogen) atoms. The number of hydrogen-bond acceptors (Lipinski definition) is 3. The lowest BCUT2D eigenvalue weighted by Crippen LogP contribution is -2.25. The Morgan fingerprint density at radius 1 is 1.12 bits per heavy atom. The van der Waals surface area contributed by atoms with Gasteiger partial charge in [-0.3, -0.25) is 4.79 Å². The van der Waals surface area contributed by atoms with Gasteiger partial charge >= 0.3 is 0 Å². The minimum Gasteiger partial charge on any atom is -0.496 e. The summed E-state index contributed by atoms with van der Waals surface area (Å²) < 4.78 is 10.9. The van der Waals surface area contributed by atoms with Gasteiger partial charge in [0.05, 0.1) is 18.7 Å². The van der Waals surface area contributed by atoms with Crippen molar-refractivity contribution in [2.45, 2.75) is 19.3 Å². The second-order valence-electron chi connectivity index (χ2n) is 5.44. The van der Waals surface area contributed by atoms with Crippen molar-refractivity contribution in [3.8, 4) is 11.5 Å². The first kappa shape index (κ1) is 19.4. The molecule has 2 aromatic rings. The fourth-order valence-corrected chi connectivity index (χ4v) is 2.80. The fourth-order valence-electron chi connectivity index (χ4n) is 2.34. The van der Waals surface area contributed by atoms with Gasteiger partial charge in [-0.2, -0.15) is 0 Å². The summed E-state index contributed by atoms with van der Waals surface area (Å²) in [6.45, 7) is 0.990. The molecule has 0 bridgehead atoms. The average Bonchev–Trinajstić information content (AvgIpc) is 2.60. The predicted molar refractivity (Wildman–Crippen MR) is 101 cm³/mol. The highest BCUT2D eigenvalue weighted by Crippen LogP contribution is 2.27. The van der Waals surface area contributed by atoms with Gasteiger partial charge < -0.3 is 14.8 Å². The number of ether oxygens (including phenoxy) is 2. The van der Waals surface area contributed by atoms with Crippen molar-refractivity contribution in [1.29, 1.82) is 0 Å². The Balaban J connectivity index is 1.64. The van der Waals surface area contributed by atoms with Crippen LogP contribution in [0.3, 0.4) is 0 Å². The molecule has 0 aliphatic carbocycles. The molecule has 0 atom stereocenters. The zero-order valence-electron chi connectivity index (χ0n) is 14.1. The molecule has 6 heteroatoms. The number of nitrogens with one attached hydrogen (secondary N) is 1. The number of carbonyl (C=O) groups is 1. The van der Waals surface area contributed by atoms with Gasteiger partial charge in [-0.1, -0.05) is 41.4 Å². The van der Waals surface area contributed by atoms with Crippen molar-refractivity contribution < 1.29 is 14.3 Å². The molecule has 0 aliphatic rings. The third kappa shape index (κ3) is 6.48. The van der Waals surface area contributed by atoms with Crippen LogP contribution in [-0.4, -0.2) is 26.2 Å². The van der Waals surface area contributed by atoms with Gasteiger partial charge in [-0.25, -0.2) is 0 Å². The molecule has 134 valence electrons. The molecule has 0 aliphatic heterocycles. The predicted octanol–water partition coefficient (Wildman–Crippen LogP) is 4.52. The Morgan fingerprint density at radius 2 is 1.92 bits per heavy atom. The van der Waals surface area contributed by atoms with E-state index >= 15 is 0 Å². The van der Waals surface area contributed by atoms with E-state index in [1.54, 1.807) is 25.3 Å². The van der Waals surface area contributed by atoms with E-state index in [0.29, 0.717) is 41.8 Å². The van der Waals surface area contributed by atoms with E-state index in [-0.39, 0.29) is 5.91 Å². The number of halogens is 2. The summed E-state index contributed by atoms with van der Waals surface area (Å²) in [5.41, 5.74) is 1.08. The molecule has 0 heterocycles. The molecule has 0 spiro atoms. The number of carbonyl (C=O) groups excluding carboxylic acids is 1. The zero-order chi connectivity index (χ0) is 18.1. The molecule has 4 nitrogen and oxygen atoms in total. The summed E-state index contributed by atoms with van der Waals surface area (Å²) in [4.78, 5) is 11.9. The maximum absolute atomic E-state index is 11.9. The van der Waals surface area contributed by atoms with Crippen LogP contribution >= 0.6 is 23.2 Å². The highest BCUT2D eigenvalue weighted by Gasteiger charge is 2.06. The Hall–Kier alpha value is -1.91. The molecular weight excluding hydrogens is 361 g/mol. The Bertz CT molecular complexity index is 707. The summed E-state index contributed by atoms with van der Waals surface area (Å²) in [6.07, 6.45) is 1.74. The van der Waals surface area contributed by atoms with E-state index in [0.717, 1.165) is 17.7 Å². The molecule has 0 saturated heterocycles. The van der Waals surface area contributed by atoms with Gasteiger partial charge in [0.2, 0.25) is 5.91 Å². The Labute approximate surface area is 158 Å². The number of benzene rings is 2. The van der Waals surface area contributed by atoms with Crippen molar-refractivity contribution >= 4 is 29.1 Å². The molecule has 0 saturated carbocycles. The van der Waals surface area contributed by atoms with E-state index in [9.17, 15) is 4.79 Å². The van der Waals surface area contributed by atoms with Crippen LogP contribution in [0.2, 0.25) is 10.0 Å². The standard InChI is InChI=1S/C19H21Cl2NO3/c1-24-17-6-3-2-5-14(17)10-11-22-19(23)7-4-12-25-18-9-8-15(20)13-16(18)21/h2-3,5-6,8-9,13H,4,7,10-12H2,1H3,(H,22,23). The molecule has 0 fully saturated rings. The molecule has 1 amide bonds. The van der Waals surface area contributed by atoms with Crippen LogP contribution in [0.25, 0.3) is 0 Å². The van der Waals surface area contributed by atoms with Crippen LogP contribution in [0.5, 0.6) is 11.5 Å². The molecule has 0 radical (unpaired) electrons. The van der Waals surface area contributed by atoms with Crippen molar-refractivity contribution in [3.05, 3.63) is 58.1 Å². The average molecular weight is 382 g/mol. The molecular formula is C19H21Cl2NO3. The highest BCUT2D eigenvalue weighted by atomic mass is 35.5. The maximum Gasteiger partial charge on any atom is 0.220 e. The van der Waals surface area contributed by atoms with E-state index in [1.165, 1.54) is 0 Å². The quantitative estimate of drug-likeness (QED) is 0.649.